The monoisotopic (exact) mass is 711 g/mol. The average Bonchev–Trinajstić information content (AvgIpc) is 3.17. The number of benzene rings is 3. The minimum Gasteiger partial charge on any atom is -0.352 e. The van der Waals surface area contributed by atoms with Crippen LogP contribution in [0.1, 0.15) is 142 Å². The Labute approximate surface area is 317 Å². The molecule has 6 atom stereocenters. The van der Waals surface area contributed by atoms with Gasteiger partial charge in [0.15, 0.2) is 12.6 Å². The summed E-state index contributed by atoms with van der Waals surface area (Å²) in [6, 6.07) is 27.0. The van der Waals surface area contributed by atoms with E-state index in [-0.39, 0.29) is 24.8 Å². The zero-order chi connectivity index (χ0) is 36.4. The SMILES string of the molecule is CCCCCCCC[C@@H]1CO[C@@H](CCc2ccc(-c3ccc(-c4ccc(CC[C@@H]5OC[C@@H](CCCCCCCC)C(C)O5)cc4)cc3)cc2)OC1C. The number of hydrogen-bond acceptors (Lipinski definition) is 4. The van der Waals surface area contributed by atoms with Gasteiger partial charge in [-0.3, -0.25) is 0 Å². The molecule has 52 heavy (non-hydrogen) atoms. The van der Waals surface area contributed by atoms with E-state index in [1.54, 1.807) is 0 Å². The van der Waals surface area contributed by atoms with Gasteiger partial charge < -0.3 is 18.9 Å². The lowest BCUT2D eigenvalue weighted by molar-refractivity contribution is -0.234. The summed E-state index contributed by atoms with van der Waals surface area (Å²) in [4.78, 5) is 0. The van der Waals surface area contributed by atoms with Gasteiger partial charge in [0.05, 0.1) is 25.4 Å². The van der Waals surface area contributed by atoms with Crippen molar-refractivity contribution in [3.63, 3.8) is 0 Å². The largest absolute Gasteiger partial charge is 0.352 e. The van der Waals surface area contributed by atoms with Gasteiger partial charge >= 0.3 is 0 Å². The molecule has 4 heteroatoms. The molecule has 2 fully saturated rings. The van der Waals surface area contributed by atoms with Crippen LogP contribution in [0.3, 0.4) is 0 Å². The maximum Gasteiger partial charge on any atom is 0.158 e. The first-order valence-electron chi connectivity index (χ1n) is 21.3. The molecule has 3 aromatic rings. The van der Waals surface area contributed by atoms with Crippen LogP contribution < -0.4 is 0 Å². The molecule has 2 saturated heterocycles. The van der Waals surface area contributed by atoms with Crippen LogP contribution in [0.15, 0.2) is 72.8 Å². The van der Waals surface area contributed by atoms with Gasteiger partial charge in [0, 0.05) is 24.7 Å². The second kappa shape index (κ2) is 22.7. The highest BCUT2D eigenvalue weighted by Gasteiger charge is 2.29. The molecule has 4 nitrogen and oxygen atoms in total. The number of ether oxygens (including phenoxy) is 4. The zero-order valence-corrected chi connectivity index (χ0v) is 33.2. The molecule has 2 unspecified atom stereocenters. The van der Waals surface area contributed by atoms with Gasteiger partial charge in [-0.1, -0.05) is 164 Å². The van der Waals surface area contributed by atoms with Crippen LogP contribution >= 0.6 is 0 Å². The van der Waals surface area contributed by atoms with Crippen molar-refractivity contribution in [2.75, 3.05) is 13.2 Å². The number of unbranched alkanes of at least 4 members (excludes halogenated alkanes) is 10. The fourth-order valence-corrected chi connectivity index (χ4v) is 7.98. The van der Waals surface area contributed by atoms with Crippen molar-refractivity contribution in [1.29, 1.82) is 0 Å². The molecule has 0 saturated carbocycles. The predicted molar refractivity (Wildman–Crippen MR) is 217 cm³/mol. The van der Waals surface area contributed by atoms with E-state index >= 15 is 0 Å². The number of hydrogen-bond donors (Lipinski definition) is 0. The molecule has 286 valence electrons. The van der Waals surface area contributed by atoms with E-state index < -0.39 is 0 Å². The molecule has 0 aliphatic carbocycles. The van der Waals surface area contributed by atoms with Crippen molar-refractivity contribution in [2.45, 2.75) is 168 Å². The molecule has 0 radical (unpaired) electrons. The molecular formula is C48H70O4. The second-order valence-electron chi connectivity index (χ2n) is 15.9. The van der Waals surface area contributed by atoms with Crippen LogP contribution in [0.5, 0.6) is 0 Å². The molecule has 3 aromatic carbocycles. The van der Waals surface area contributed by atoms with E-state index in [9.17, 15) is 0 Å². The van der Waals surface area contributed by atoms with Gasteiger partial charge in [0.25, 0.3) is 0 Å². The van der Waals surface area contributed by atoms with Crippen LogP contribution in [0, 0.1) is 11.8 Å². The third kappa shape index (κ3) is 13.4. The molecule has 2 heterocycles. The van der Waals surface area contributed by atoms with Crippen molar-refractivity contribution in [3.05, 3.63) is 83.9 Å². The highest BCUT2D eigenvalue weighted by molar-refractivity contribution is 5.70. The first kappa shape index (κ1) is 40.7. The molecule has 5 rings (SSSR count). The minimum atomic E-state index is -0.0895. The van der Waals surface area contributed by atoms with Gasteiger partial charge in [-0.15, -0.1) is 0 Å². The summed E-state index contributed by atoms with van der Waals surface area (Å²) in [5.74, 6) is 1.07. The Hall–Kier alpha value is -2.50. The molecule has 0 amide bonds. The van der Waals surface area contributed by atoms with Crippen LogP contribution in [0.2, 0.25) is 0 Å². The van der Waals surface area contributed by atoms with Gasteiger partial charge in [-0.05, 0) is 72.9 Å². The molecule has 0 bridgehead atoms. The van der Waals surface area contributed by atoms with Gasteiger partial charge in [0.2, 0.25) is 0 Å². The summed E-state index contributed by atoms with van der Waals surface area (Å²) >= 11 is 0. The topological polar surface area (TPSA) is 36.9 Å². The normalized spacial score (nSPS) is 23.5. The Kier molecular flexibility index (Phi) is 17.7. The quantitative estimate of drug-likeness (QED) is 0.0973. The summed E-state index contributed by atoms with van der Waals surface area (Å²) in [7, 11) is 0. The molecular weight excluding hydrogens is 641 g/mol. The smallest absolute Gasteiger partial charge is 0.158 e. The van der Waals surface area contributed by atoms with Crippen LogP contribution in [0.25, 0.3) is 22.3 Å². The fraction of sp³-hybridized carbons (Fsp3) is 0.625. The Balaban J connectivity index is 0.989. The Morgan fingerprint density at radius 2 is 0.750 bits per heavy atom. The summed E-state index contributed by atoms with van der Waals surface area (Å²) in [5.41, 5.74) is 7.64. The lowest BCUT2D eigenvalue weighted by Crippen LogP contribution is -2.38. The standard InChI is InChI=1S/C48H70O4/c1-5-7-9-11-13-15-17-45-35-49-47(51-37(45)3)33-23-39-19-25-41(26-20-39)43-29-31-44(32-30-43)42-27-21-40(22-28-42)24-34-48-50-36-46(38(4)52-48)18-16-14-12-10-8-6-2/h19-22,25-32,37-38,45-48H,5-18,23-24,33-36H2,1-4H3/t37?,38?,45-,46-,47-,48-/m1/s1. The highest BCUT2D eigenvalue weighted by atomic mass is 16.7. The molecule has 2 aliphatic rings. The average molecular weight is 711 g/mol. The summed E-state index contributed by atoms with van der Waals surface area (Å²) in [6.45, 7) is 10.7. The molecule has 0 spiro atoms. The molecule has 0 aromatic heterocycles. The lowest BCUT2D eigenvalue weighted by atomic mass is 9.95. The van der Waals surface area contributed by atoms with Crippen LogP contribution in [0.4, 0.5) is 0 Å². The van der Waals surface area contributed by atoms with Gasteiger partial charge in [-0.2, -0.15) is 0 Å². The lowest BCUT2D eigenvalue weighted by Gasteiger charge is -2.35. The van der Waals surface area contributed by atoms with E-state index in [0.717, 1.165) is 38.9 Å². The molecule has 2 aliphatic heterocycles. The summed E-state index contributed by atoms with van der Waals surface area (Å²) in [5, 5.41) is 0. The zero-order valence-electron chi connectivity index (χ0n) is 33.2. The van der Waals surface area contributed by atoms with E-state index in [0.29, 0.717) is 11.8 Å². The maximum absolute atomic E-state index is 6.29. The summed E-state index contributed by atoms with van der Waals surface area (Å²) in [6.07, 6.45) is 22.7. The fourth-order valence-electron chi connectivity index (χ4n) is 7.98. The van der Waals surface area contributed by atoms with E-state index in [1.807, 2.05) is 0 Å². The maximum atomic E-state index is 6.29. The third-order valence-corrected chi connectivity index (χ3v) is 11.7. The van der Waals surface area contributed by atoms with Crippen molar-refractivity contribution >= 4 is 0 Å². The third-order valence-electron chi connectivity index (χ3n) is 11.7. The van der Waals surface area contributed by atoms with E-state index in [4.69, 9.17) is 18.9 Å². The van der Waals surface area contributed by atoms with Crippen LogP contribution in [-0.4, -0.2) is 38.0 Å². The second-order valence-corrected chi connectivity index (χ2v) is 15.9. The number of aryl methyl sites for hydroxylation is 2. The Bertz CT molecular complexity index is 1260. The van der Waals surface area contributed by atoms with Gasteiger partial charge in [-0.25, -0.2) is 0 Å². The predicted octanol–water partition coefficient (Wildman–Crippen LogP) is 13.1. The van der Waals surface area contributed by atoms with Crippen molar-refractivity contribution < 1.29 is 18.9 Å². The number of rotatable bonds is 22. The Morgan fingerprint density at radius 3 is 1.10 bits per heavy atom. The molecule has 0 N–H and O–H groups in total. The summed E-state index contributed by atoms with van der Waals surface area (Å²) < 4.78 is 24.9. The van der Waals surface area contributed by atoms with Gasteiger partial charge in [0.1, 0.15) is 0 Å². The van der Waals surface area contributed by atoms with Crippen LogP contribution in [-0.2, 0) is 31.8 Å². The van der Waals surface area contributed by atoms with Crippen molar-refractivity contribution in [2.24, 2.45) is 11.8 Å². The highest BCUT2D eigenvalue weighted by Crippen LogP contribution is 2.29. The minimum absolute atomic E-state index is 0.0895. The Morgan fingerprint density at radius 1 is 0.423 bits per heavy atom. The van der Waals surface area contributed by atoms with Crippen molar-refractivity contribution in [3.8, 4) is 22.3 Å². The van der Waals surface area contributed by atoms with Crippen molar-refractivity contribution in [1.82, 2.24) is 0 Å². The first-order valence-corrected chi connectivity index (χ1v) is 21.3. The van der Waals surface area contributed by atoms with E-state index in [2.05, 4.69) is 100 Å². The first-order chi connectivity index (χ1) is 25.5. The van der Waals surface area contributed by atoms with E-state index in [1.165, 1.54) is 123 Å².